The number of hydrogen-bond donors (Lipinski definition) is 2. The lowest BCUT2D eigenvalue weighted by molar-refractivity contribution is -0.158. The molecular weight excluding hydrogens is 286 g/mol. The molecule has 0 spiro atoms. The minimum absolute atomic E-state index is 0.171. The highest BCUT2D eigenvalue weighted by Crippen LogP contribution is 2.10. The molecule has 6 heteroatoms. The van der Waals surface area contributed by atoms with Crippen molar-refractivity contribution in [3.63, 3.8) is 0 Å². The Kier molecular flexibility index (Phi) is 6.95. The van der Waals surface area contributed by atoms with E-state index in [4.69, 9.17) is 9.57 Å². The van der Waals surface area contributed by atoms with Crippen molar-refractivity contribution in [3.05, 3.63) is 42.0 Å². The number of rotatable bonds is 8. The Bertz CT molecular complexity index is 517. The topological polar surface area (TPSA) is 84.9 Å². The minimum atomic E-state index is -1.22. The van der Waals surface area contributed by atoms with Crippen molar-refractivity contribution >= 4 is 11.9 Å². The summed E-state index contributed by atoms with van der Waals surface area (Å²) in [6.07, 6.45) is 0.0263. The average Bonchev–Trinajstić information content (AvgIpc) is 2.44. The largest absolute Gasteiger partial charge is 0.480 e. The van der Waals surface area contributed by atoms with Crippen molar-refractivity contribution in [1.82, 2.24) is 5.48 Å². The van der Waals surface area contributed by atoms with Crippen molar-refractivity contribution in [2.45, 2.75) is 45.1 Å². The second-order valence-corrected chi connectivity index (χ2v) is 5.69. The number of ether oxygens (including phenoxy) is 1. The third kappa shape index (κ3) is 6.65. The molecular formula is C16H21NO5. The quantitative estimate of drug-likeness (QED) is 0.562. The molecule has 0 bridgehead atoms. The molecule has 0 amide bonds. The molecule has 2 atom stereocenters. The van der Waals surface area contributed by atoms with E-state index in [1.165, 1.54) is 0 Å². The van der Waals surface area contributed by atoms with E-state index in [1.54, 1.807) is 26.7 Å². The van der Waals surface area contributed by atoms with Gasteiger partial charge >= 0.3 is 5.97 Å². The van der Waals surface area contributed by atoms with E-state index >= 15 is 0 Å². The summed E-state index contributed by atoms with van der Waals surface area (Å²) < 4.78 is 5.52. The molecule has 0 aliphatic rings. The van der Waals surface area contributed by atoms with E-state index in [9.17, 15) is 14.7 Å². The van der Waals surface area contributed by atoms with Crippen molar-refractivity contribution in [1.29, 1.82) is 0 Å². The van der Waals surface area contributed by atoms with Crippen molar-refractivity contribution in [2.75, 3.05) is 0 Å². The molecule has 0 fully saturated rings. The Morgan fingerprint density at radius 2 is 2.00 bits per heavy atom. The lowest BCUT2D eigenvalue weighted by atomic mass is 10.1. The predicted molar refractivity (Wildman–Crippen MR) is 80.7 cm³/mol. The number of carbonyl (C=O) groups excluding carboxylic acids is 1. The molecule has 0 saturated heterocycles. The SMILES string of the molecule is CC(C)(C)ON[C@H](C(=O)O)[C@@H](C=C=O)OCc1ccccc1. The monoisotopic (exact) mass is 307 g/mol. The van der Waals surface area contributed by atoms with E-state index in [1.807, 2.05) is 30.3 Å². The lowest BCUT2D eigenvalue weighted by Crippen LogP contribution is -2.49. The molecule has 6 nitrogen and oxygen atoms in total. The second kappa shape index (κ2) is 8.46. The van der Waals surface area contributed by atoms with Crippen molar-refractivity contribution in [3.8, 4) is 0 Å². The van der Waals surface area contributed by atoms with Gasteiger partial charge < -0.3 is 9.84 Å². The summed E-state index contributed by atoms with van der Waals surface area (Å²) in [4.78, 5) is 27.3. The number of nitrogens with one attached hydrogen (secondary N) is 1. The van der Waals surface area contributed by atoms with Crippen LogP contribution >= 0.6 is 0 Å². The van der Waals surface area contributed by atoms with Crippen LogP contribution in [-0.2, 0) is 25.8 Å². The lowest BCUT2D eigenvalue weighted by Gasteiger charge is -2.26. The number of carboxylic acids is 1. The van der Waals surface area contributed by atoms with Gasteiger partial charge in [0.1, 0.15) is 12.0 Å². The van der Waals surface area contributed by atoms with Crippen LogP contribution in [0.3, 0.4) is 0 Å². The fourth-order valence-electron chi connectivity index (χ4n) is 1.57. The van der Waals surface area contributed by atoms with Gasteiger partial charge in [-0.05, 0) is 26.3 Å². The molecule has 0 aliphatic heterocycles. The van der Waals surface area contributed by atoms with E-state index in [0.717, 1.165) is 11.6 Å². The van der Waals surface area contributed by atoms with Crippen LogP contribution in [0.1, 0.15) is 26.3 Å². The number of carbonyl (C=O) groups is 1. The van der Waals surface area contributed by atoms with Gasteiger partial charge in [-0.3, -0.25) is 9.63 Å². The van der Waals surface area contributed by atoms with Gasteiger partial charge in [0.15, 0.2) is 6.04 Å². The molecule has 1 aromatic rings. The first kappa shape index (κ1) is 18.1. The number of hydrogen-bond acceptors (Lipinski definition) is 5. The molecule has 0 heterocycles. The number of aliphatic carboxylic acids is 1. The fourth-order valence-corrected chi connectivity index (χ4v) is 1.57. The highest BCUT2D eigenvalue weighted by molar-refractivity contribution is 5.75. The van der Waals surface area contributed by atoms with Crippen molar-refractivity contribution in [2.24, 2.45) is 0 Å². The summed E-state index contributed by atoms with van der Waals surface area (Å²) in [5.74, 6) is 0.391. The molecule has 0 aromatic heterocycles. The van der Waals surface area contributed by atoms with E-state index < -0.39 is 23.7 Å². The van der Waals surface area contributed by atoms with Crippen LogP contribution in [0, 0.1) is 0 Å². The number of carboxylic acid groups (broad SMARTS) is 1. The molecule has 120 valence electrons. The molecule has 1 rings (SSSR count). The Morgan fingerprint density at radius 3 is 2.50 bits per heavy atom. The maximum atomic E-state index is 11.4. The maximum absolute atomic E-state index is 11.4. The van der Waals surface area contributed by atoms with Gasteiger partial charge in [0.2, 0.25) is 0 Å². The molecule has 0 aliphatic carbocycles. The normalized spacial score (nSPS) is 14.0. The Morgan fingerprint density at radius 1 is 1.36 bits per heavy atom. The van der Waals surface area contributed by atoms with Gasteiger partial charge in [0.25, 0.3) is 0 Å². The summed E-state index contributed by atoms with van der Waals surface area (Å²) in [6.45, 7) is 5.49. The third-order valence-corrected chi connectivity index (χ3v) is 2.60. The first-order valence-electron chi connectivity index (χ1n) is 6.86. The zero-order valence-electron chi connectivity index (χ0n) is 12.9. The first-order valence-corrected chi connectivity index (χ1v) is 6.86. The molecule has 22 heavy (non-hydrogen) atoms. The highest BCUT2D eigenvalue weighted by atomic mass is 16.7. The molecule has 0 unspecified atom stereocenters. The van der Waals surface area contributed by atoms with Crippen LogP contribution in [0.15, 0.2) is 36.4 Å². The van der Waals surface area contributed by atoms with E-state index in [-0.39, 0.29) is 6.61 Å². The van der Waals surface area contributed by atoms with Crippen LogP contribution in [0.25, 0.3) is 0 Å². The summed E-state index contributed by atoms with van der Waals surface area (Å²) in [6, 6.07) is 8.03. The first-order chi connectivity index (χ1) is 10.3. The smallest absolute Gasteiger partial charge is 0.326 e. The van der Waals surface area contributed by atoms with Crippen LogP contribution < -0.4 is 5.48 Å². The number of benzene rings is 1. The molecule has 0 radical (unpaired) electrons. The predicted octanol–water partition coefficient (Wildman–Crippen LogP) is 1.73. The summed E-state index contributed by atoms with van der Waals surface area (Å²) in [5.41, 5.74) is 2.73. The van der Waals surface area contributed by atoms with Crippen LogP contribution in [-0.4, -0.2) is 34.8 Å². The van der Waals surface area contributed by atoms with Crippen molar-refractivity contribution < 1.29 is 24.3 Å². The fraction of sp³-hybridized carbons (Fsp3) is 0.438. The van der Waals surface area contributed by atoms with Gasteiger partial charge in [-0.2, -0.15) is 5.48 Å². The van der Waals surface area contributed by atoms with Crippen LogP contribution in [0.2, 0.25) is 0 Å². The van der Waals surface area contributed by atoms with Gasteiger partial charge in [0.05, 0.1) is 12.2 Å². The van der Waals surface area contributed by atoms with Gasteiger partial charge in [-0.1, -0.05) is 30.3 Å². The average molecular weight is 307 g/mol. The Hall–Kier alpha value is -1.98. The van der Waals surface area contributed by atoms with E-state index in [2.05, 4.69) is 5.48 Å². The summed E-state index contributed by atoms with van der Waals surface area (Å²) >= 11 is 0. The number of hydroxylamine groups is 1. The van der Waals surface area contributed by atoms with Crippen LogP contribution in [0.4, 0.5) is 0 Å². The maximum Gasteiger partial charge on any atom is 0.326 e. The molecule has 2 N–H and O–H groups in total. The summed E-state index contributed by atoms with van der Waals surface area (Å²) in [7, 11) is 0. The van der Waals surface area contributed by atoms with Gasteiger partial charge in [-0.15, -0.1) is 0 Å². The Balaban J connectivity index is 2.75. The Labute approximate surface area is 129 Å². The third-order valence-electron chi connectivity index (χ3n) is 2.60. The minimum Gasteiger partial charge on any atom is -0.480 e. The zero-order chi connectivity index (χ0) is 16.6. The van der Waals surface area contributed by atoms with E-state index in [0.29, 0.717) is 0 Å². The molecule has 0 saturated carbocycles. The standard InChI is InChI=1S/C16H21NO5/c1-16(2,3)22-17-14(15(19)20)13(9-10-18)21-11-12-7-5-4-6-8-12/h4-9,13-14,17H,11H2,1-3H3,(H,19,20)/t13-,14+/m1/s1. The van der Waals surface area contributed by atoms with Gasteiger partial charge in [0, 0.05) is 6.08 Å². The van der Waals surface area contributed by atoms with Gasteiger partial charge in [-0.25, -0.2) is 4.79 Å². The second-order valence-electron chi connectivity index (χ2n) is 5.69. The molecule has 1 aromatic carbocycles. The summed E-state index contributed by atoms with van der Waals surface area (Å²) in [5, 5.41) is 9.29. The highest BCUT2D eigenvalue weighted by Gasteiger charge is 2.29. The van der Waals surface area contributed by atoms with Crippen LogP contribution in [0.5, 0.6) is 0 Å². The zero-order valence-corrected chi connectivity index (χ0v) is 12.9.